The second-order valence-corrected chi connectivity index (χ2v) is 4.78. The zero-order valence-electron chi connectivity index (χ0n) is 10.2. The summed E-state index contributed by atoms with van der Waals surface area (Å²) in [6.07, 6.45) is 3.06. The third-order valence-electron chi connectivity index (χ3n) is 2.56. The smallest absolute Gasteiger partial charge is 0.248 e. The fourth-order valence-electron chi connectivity index (χ4n) is 1.52. The van der Waals surface area contributed by atoms with Crippen LogP contribution < -0.4 is 16.8 Å². The quantitative estimate of drug-likeness (QED) is 0.677. The molecule has 5 N–H and O–H groups in total. The van der Waals surface area contributed by atoms with E-state index < -0.39 is 5.91 Å². The number of primary amides is 1. The molecule has 1 atom stereocenters. The van der Waals surface area contributed by atoms with Gasteiger partial charge in [-0.25, -0.2) is 0 Å². The van der Waals surface area contributed by atoms with Crippen molar-refractivity contribution in [2.24, 2.45) is 5.73 Å². The number of thioether (sulfide) groups is 1. The zero-order chi connectivity index (χ0) is 12.8. The van der Waals surface area contributed by atoms with E-state index in [0.717, 1.165) is 17.9 Å². The monoisotopic (exact) mass is 253 g/mol. The highest BCUT2D eigenvalue weighted by atomic mass is 32.2. The van der Waals surface area contributed by atoms with Crippen molar-refractivity contribution in [1.29, 1.82) is 0 Å². The molecule has 1 unspecified atom stereocenters. The average Bonchev–Trinajstić information content (AvgIpc) is 2.30. The molecule has 17 heavy (non-hydrogen) atoms. The molecular formula is C12H19N3OS. The Kier molecular flexibility index (Phi) is 5.15. The fraction of sp³-hybridized carbons (Fsp3) is 0.417. The lowest BCUT2D eigenvalue weighted by Crippen LogP contribution is -2.22. The van der Waals surface area contributed by atoms with Crippen molar-refractivity contribution in [3.8, 4) is 0 Å². The van der Waals surface area contributed by atoms with Crippen LogP contribution in [0.1, 0.15) is 23.7 Å². The molecule has 4 nitrogen and oxygen atoms in total. The predicted octanol–water partition coefficient (Wildman–Crippen LogP) is 1.92. The number of rotatable bonds is 6. The third kappa shape index (κ3) is 3.85. The molecule has 0 aliphatic carbocycles. The molecule has 0 aliphatic rings. The molecule has 5 heteroatoms. The van der Waals surface area contributed by atoms with Gasteiger partial charge in [0.05, 0.1) is 11.4 Å². The van der Waals surface area contributed by atoms with Gasteiger partial charge in [-0.2, -0.15) is 11.8 Å². The number of anilines is 2. The van der Waals surface area contributed by atoms with Gasteiger partial charge in [0.2, 0.25) is 5.91 Å². The second-order valence-electron chi connectivity index (χ2n) is 3.87. The van der Waals surface area contributed by atoms with Crippen LogP contribution in [0.5, 0.6) is 0 Å². The van der Waals surface area contributed by atoms with E-state index in [1.807, 2.05) is 0 Å². The van der Waals surface area contributed by atoms with Crippen molar-refractivity contribution in [2.75, 3.05) is 23.1 Å². The summed E-state index contributed by atoms with van der Waals surface area (Å²) in [5.41, 5.74) is 13.0. The number of nitrogen functional groups attached to an aromatic ring is 1. The van der Waals surface area contributed by atoms with Crippen LogP contribution in [-0.2, 0) is 0 Å². The van der Waals surface area contributed by atoms with Gasteiger partial charge in [-0.3, -0.25) is 4.79 Å². The Labute approximate surface area is 106 Å². The molecule has 0 saturated heterocycles. The van der Waals surface area contributed by atoms with E-state index in [0.29, 0.717) is 17.3 Å². The van der Waals surface area contributed by atoms with Gasteiger partial charge >= 0.3 is 0 Å². The fourth-order valence-corrected chi connectivity index (χ4v) is 2.24. The number of amides is 1. The number of benzene rings is 1. The molecule has 0 aliphatic heterocycles. The van der Waals surface area contributed by atoms with Crippen molar-refractivity contribution in [3.63, 3.8) is 0 Å². The van der Waals surface area contributed by atoms with Gasteiger partial charge in [0, 0.05) is 17.4 Å². The van der Waals surface area contributed by atoms with Crippen molar-refractivity contribution in [2.45, 2.75) is 19.4 Å². The Bertz CT molecular complexity index is 395. The number of nitrogens with two attached hydrogens (primary N) is 2. The van der Waals surface area contributed by atoms with Crippen LogP contribution in [0.4, 0.5) is 11.4 Å². The molecule has 1 amide bonds. The normalized spacial score (nSPS) is 12.1. The summed E-state index contributed by atoms with van der Waals surface area (Å²) < 4.78 is 0. The van der Waals surface area contributed by atoms with Crippen molar-refractivity contribution in [3.05, 3.63) is 23.8 Å². The minimum Gasteiger partial charge on any atom is -0.397 e. The molecule has 0 heterocycles. The Morgan fingerprint density at radius 3 is 2.76 bits per heavy atom. The van der Waals surface area contributed by atoms with Crippen LogP contribution in [0, 0.1) is 0 Å². The summed E-state index contributed by atoms with van der Waals surface area (Å²) in [6, 6.07) is 5.39. The second kappa shape index (κ2) is 6.39. The molecule has 1 aromatic carbocycles. The van der Waals surface area contributed by atoms with E-state index in [2.05, 4.69) is 18.5 Å². The molecular weight excluding hydrogens is 234 g/mol. The summed E-state index contributed by atoms with van der Waals surface area (Å²) in [5.74, 6) is 0.558. The SMILES string of the molecule is CCC(CSC)Nc1cc(C(N)=O)ccc1N. The molecule has 0 spiro atoms. The Balaban J connectivity index is 2.88. The van der Waals surface area contributed by atoms with Crippen molar-refractivity contribution < 1.29 is 4.79 Å². The van der Waals surface area contributed by atoms with Gasteiger partial charge in [0.15, 0.2) is 0 Å². The largest absolute Gasteiger partial charge is 0.397 e. The lowest BCUT2D eigenvalue weighted by Gasteiger charge is -2.19. The van der Waals surface area contributed by atoms with E-state index >= 15 is 0 Å². The van der Waals surface area contributed by atoms with Gasteiger partial charge in [0.1, 0.15) is 0 Å². The van der Waals surface area contributed by atoms with Gasteiger partial charge in [0.25, 0.3) is 0 Å². The van der Waals surface area contributed by atoms with Crippen LogP contribution in [0.2, 0.25) is 0 Å². The van der Waals surface area contributed by atoms with Crippen LogP contribution in [-0.4, -0.2) is 24.0 Å². The third-order valence-corrected chi connectivity index (χ3v) is 3.29. The first-order valence-electron chi connectivity index (χ1n) is 5.53. The molecule has 0 bridgehead atoms. The lowest BCUT2D eigenvalue weighted by molar-refractivity contribution is 0.100. The van der Waals surface area contributed by atoms with E-state index in [1.54, 1.807) is 30.0 Å². The zero-order valence-corrected chi connectivity index (χ0v) is 11.0. The molecule has 1 rings (SSSR count). The number of carbonyl (C=O) groups is 1. The highest BCUT2D eigenvalue weighted by Gasteiger charge is 2.09. The average molecular weight is 253 g/mol. The first-order valence-corrected chi connectivity index (χ1v) is 6.92. The van der Waals surface area contributed by atoms with Crippen molar-refractivity contribution in [1.82, 2.24) is 0 Å². The van der Waals surface area contributed by atoms with Crippen LogP contribution in [0.3, 0.4) is 0 Å². The van der Waals surface area contributed by atoms with Crippen LogP contribution in [0.25, 0.3) is 0 Å². The molecule has 94 valence electrons. The Morgan fingerprint density at radius 1 is 1.53 bits per heavy atom. The van der Waals surface area contributed by atoms with Gasteiger partial charge in [-0.1, -0.05) is 6.92 Å². The maximum absolute atomic E-state index is 11.1. The maximum atomic E-state index is 11.1. The van der Waals surface area contributed by atoms with Crippen LogP contribution >= 0.6 is 11.8 Å². The summed E-state index contributed by atoms with van der Waals surface area (Å²) in [4.78, 5) is 11.1. The molecule has 0 radical (unpaired) electrons. The summed E-state index contributed by atoms with van der Waals surface area (Å²) in [7, 11) is 0. The van der Waals surface area contributed by atoms with E-state index in [9.17, 15) is 4.79 Å². The Hall–Kier alpha value is -1.36. The lowest BCUT2D eigenvalue weighted by atomic mass is 10.1. The minimum atomic E-state index is -0.439. The van der Waals surface area contributed by atoms with E-state index in [-0.39, 0.29) is 0 Å². The predicted molar refractivity (Wildman–Crippen MR) is 75.5 cm³/mol. The minimum absolute atomic E-state index is 0.343. The highest BCUT2D eigenvalue weighted by molar-refractivity contribution is 7.98. The number of hydrogen-bond donors (Lipinski definition) is 3. The highest BCUT2D eigenvalue weighted by Crippen LogP contribution is 2.22. The summed E-state index contributed by atoms with van der Waals surface area (Å²) in [6.45, 7) is 2.11. The summed E-state index contributed by atoms with van der Waals surface area (Å²) >= 11 is 1.77. The summed E-state index contributed by atoms with van der Waals surface area (Å²) in [5, 5.41) is 3.34. The first kappa shape index (κ1) is 13.7. The first-order chi connectivity index (χ1) is 8.08. The van der Waals surface area contributed by atoms with E-state index in [4.69, 9.17) is 11.5 Å². The van der Waals surface area contributed by atoms with Crippen LogP contribution in [0.15, 0.2) is 18.2 Å². The Morgan fingerprint density at radius 2 is 2.24 bits per heavy atom. The number of hydrogen-bond acceptors (Lipinski definition) is 4. The van der Waals surface area contributed by atoms with Gasteiger partial charge in [-0.05, 0) is 30.9 Å². The van der Waals surface area contributed by atoms with Gasteiger partial charge in [-0.15, -0.1) is 0 Å². The van der Waals surface area contributed by atoms with Crippen molar-refractivity contribution >= 4 is 29.0 Å². The number of carbonyl (C=O) groups excluding carboxylic acids is 1. The molecule has 0 fully saturated rings. The molecule has 1 aromatic rings. The van der Waals surface area contributed by atoms with E-state index in [1.165, 1.54) is 0 Å². The maximum Gasteiger partial charge on any atom is 0.248 e. The molecule has 0 saturated carbocycles. The van der Waals surface area contributed by atoms with Gasteiger partial charge < -0.3 is 16.8 Å². The topological polar surface area (TPSA) is 81.1 Å². The molecule has 0 aromatic heterocycles. The standard InChI is InChI=1S/C12H19N3OS/c1-3-9(7-17-2)15-11-6-8(12(14)16)4-5-10(11)13/h4-6,9,15H,3,7,13H2,1-2H3,(H2,14,16). The number of nitrogens with one attached hydrogen (secondary N) is 1.